The molecule has 2 aromatic heterocycles. The first kappa shape index (κ1) is 22.9. The number of methoxy groups -OCH3 is 2. The minimum Gasteiger partial charge on any atom is -0.493 e. The van der Waals surface area contributed by atoms with Gasteiger partial charge < -0.3 is 24.5 Å². The Kier molecular flexibility index (Phi) is 7.14. The number of nitrogens with one attached hydrogen (secondary N) is 2. The second-order valence-corrected chi connectivity index (χ2v) is 7.49. The maximum Gasteiger partial charge on any atom is 0.261 e. The van der Waals surface area contributed by atoms with Crippen LogP contribution in [0, 0.1) is 5.92 Å². The van der Waals surface area contributed by atoms with Crippen molar-refractivity contribution in [3.05, 3.63) is 53.0 Å². The van der Waals surface area contributed by atoms with E-state index in [1.807, 2.05) is 13.8 Å². The van der Waals surface area contributed by atoms with Gasteiger partial charge in [-0.1, -0.05) is 13.8 Å². The molecular weight excluding hydrogens is 416 g/mol. The summed E-state index contributed by atoms with van der Waals surface area (Å²) in [6, 6.07) is 5.82. The van der Waals surface area contributed by atoms with Crippen LogP contribution in [0.1, 0.15) is 19.6 Å². The van der Waals surface area contributed by atoms with E-state index < -0.39 is 17.5 Å². The lowest BCUT2D eigenvalue weighted by atomic mass is 10.0. The molecule has 2 N–H and O–H groups in total. The number of ether oxygens (including phenoxy) is 2. The van der Waals surface area contributed by atoms with Crippen LogP contribution in [0.5, 0.6) is 11.5 Å². The summed E-state index contributed by atoms with van der Waals surface area (Å²) in [4.78, 5) is 42.3. The fraction of sp³-hybridized carbons (Fsp3) is 0.364. The number of hydrogen-bond acceptors (Lipinski definition) is 7. The van der Waals surface area contributed by atoms with E-state index >= 15 is 0 Å². The Morgan fingerprint density at radius 3 is 2.53 bits per heavy atom. The third-order valence-corrected chi connectivity index (χ3v) is 4.93. The van der Waals surface area contributed by atoms with Gasteiger partial charge in [-0.15, -0.1) is 0 Å². The summed E-state index contributed by atoms with van der Waals surface area (Å²) in [5, 5.41) is 5.72. The van der Waals surface area contributed by atoms with Gasteiger partial charge in [0.15, 0.2) is 11.5 Å². The summed E-state index contributed by atoms with van der Waals surface area (Å²) in [5.74, 6) is 0.440. The van der Waals surface area contributed by atoms with E-state index in [1.54, 1.807) is 18.2 Å². The lowest BCUT2D eigenvalue weighted by Crippen LogP contribution is -2.50. The van der Waals surface area contributed by atoms with Gasteiger partial charge in [0, 0.05) is 6.07 Å². The van der Waals surface area contributed by atoms with Crippen molar-refractivity contribution in [3.63, 3.8) is 0 Å². The Bertz CT molecular complexity index is 1150. The van der Waals surface area contributed by atoms with Crippen molar-refractivity contribution >= 4 is 22.7 Å². The molecule has 2 amide bonds. The van der Waals surface area contributed by atoms with Crippen LogP contribution in [-0.2, 0) is 22.7 Å². The van der Waals surface area contributed by atoms with Crippen LogP contribution < -0.4 is 25.7 Å². The lowest BCUT2D eigenvalue weighted by Gasteiger charge is -2.21. The van der Waals surface area contributed by atoms with E-state index in [-0.39, 0.29) is 30.3 Å². The molecule has 0 saturated carbocycles. The van der Waals surface area contributed by atoms with Gasteiger partial charge in [0.1, 0.15) is 18.3 Å². The highest BCUT2D eigenvalue weighted by atomic mass is 16.5. The van der Waals surface area contributed by atoms with Gasteiger partial charge in [-0.2, -0.15) is 0 Å². The fourth-order valence-corrected chi connectivity index (χ4v) is 3.20. The molecule has 0 unspecified atom stereocenters. The first-order chi connectivity index (χ1) is 15.3. The standard InChI is InChI=1S/C22H26N4O6/c1-13(2)20(21(28)23-10-14-6-5-7-32-14)25-19(27)11-26-12-24-16-9-18(31-4)17(30-3)8-15(16)22(26)29/h5-9,12-13,20H,10-11H2,1-4H3,(H,23,28)(H,25,27)/t20-/m0/s1. The Balaban J connectivity index is 1.73. The fourth-order valence-electron chi connectivity index (χ4n) is 3.20. The van der Waals surface area contributed by atoms with Crippen LogP contribution >= 0.6 is 0 Å². The predicted molar refractivity (Wildman–Crippen MR) is 116 cm³/mol. The van der Waals surface area contributed by atoms with E-state index in [9.17, 15) is 14.4 Å². The zero-order chi connectivity index (χ0) is 23.3. The van der Waals surface area contributed by atoms with Crippen molar-refractivity contribution in [1.29, 1.82) is 0 Å². The van der Waals surface area contributed by atoms with Gasteiger partial charge in [0.2, 0.25) is 11.8 Å². The second-order valence-electron chi connectivity index (χ2n) is 7.49. The highest BCUT2D eigenvalue weighted by Crippen LogP contribution is 2.29. The monoisotopic (exact) mass is 442 g/mol. The Morgan fingerprint density at radius 1 is 1.19 bits per heavy atom. The summed E-state index contributed by atoms with van der Waals surface area (Å²) in [5.41, 5.74) is 0.0103. The number of fused-ring (bicyclic) bond motifs is 1. The summed E-state index contributed by atoms with van der Waals surface area (Å²) in [6.45, 7) is 3.57. The minimum atomic E-state index is -0.772. The quantitative estimate of drug-likeness (QED) is 0.514. The van der Waals surface area contributed by atoms with Crippen LogP contribution in [0.25, 0.3) is 10.9 Å². The molecule has 3 rings (SSSR count). The summed E-state index contributed by atoms with van der Waals surface area (Å²) in [6.07, 6.45) is 2.81. The molecule has 0 aliphatic rings. The Morgan fingerprint density at radius 2 is 1.91 bits per heavy atom. The molecule has 0 saturated heterocycles. The first-order valence-electron chi connectivity index (χ1n) is 10.0. The largest absolute Gasteiger partial charge is 0.493 e. The van der Waals surface area contributed by atoms with Crippen LogP contribution in [0.4, 0.5) is 0 Å². The number of nitrogens with zero attached hydrogens (tertiary/aromatic N) is 2. The van der Waals surface area contributed by atoms with Crippen LogP contribution in [0.3, 0.4) is 0 Å². The average molecular weight is 442 g/mol. The number of furan rings is 1. The molecule has 170 valence electrons. The summed E-state index contributed by atoms with van der Waals surface area (Å²) >= 11 is 0. The Labute approximate surface area is 184 Å². The third kappa shape index (κ3) is 5.08. The minimum absolute atomic E-state index is 0.168. The molecule has 10 nitrogen and oxygen atoms in total. The molecule has 10 heteroatoms. The van der Waals surface area contributed by atoms with Gasteiger partial charge in [-0.3, -0.25) is 19.0 Å². The van der Waals surface area contributed by atoms with Crippen molar-refractivity contribution in [2.24, 2.45) is 5.92 Å². The molecule has 32 heavy (non-hydrogen) atoms. The number of aromatic nitrogens is 2. The smallest absolute Gasteiger partial charge is 0.261 e. The maximum atomic E-state index is 12.9. The van der Waals surface area contributed by atoms with Crippen molar-refractivity contribution in [3.8, 4) is 11.5 Å². The van der Waals surface area contributed by atoms with Crippen molar-refractivity contribution in [1.82, 2.24) is 20.2 Å². The number of benzene rings is 1. The lowest BCUT2D eigenvalue weighted by molar-refractivity contribution is -0.130. The predicted octanol–water partition coefficient (Wildman–Crippen LogP) is 1.46. The number of rotatable bonds is 9. The van der Waals surface area contributed by atoms with E-state index in [0.717, 1.165) is 0 Å². The zero-order valence-corrected chi connectivity index (χ0v) is 18.4. The van der Waals surface area contributed by atoms with Crippen molar-refractivity contribution in [2.45, 2.75) is 33.0 Å². The zero-order valence-electron chi connectivity index (χ0n) is 18.4. The van der Waals surface area contributed by atoms with Crippen LogP contribution in [-0.4, -0.2) is 41.6 Å². The second kappa shape index (κ2) is 9.99. The normalized spacial score (nSPS) is 11.9. The van der Waals surface area contributed by atoms with E-state index in [2.05, 4.69) is 15.6 Å². The highest BCUT2D eigenvalue weighted by molar-refractivity contribution is 5.88. The van der Waals surface area contributed by atoms with E-state index in [1.165, 1.54) is 37.4 Å². The summed E-state index contributed by atoms with van der Waals surface area (Å²) < 4.78 is 16.9. The van der Waals surface area contributed by atoms with Gasteiger partial charge in [-0.25, -0.2) is 4.98 Å². The van der Waals surface area contributed by atoms with Gasteiger partial charge >= 0.3 is 0 Å². The van der Waals surface area contributed by atoms with Crippen LogP contribution in [0.2, 0.25) is 0 Å². The molecule has 0 radical (unpaired) electrons. The first-order valence-corrected chi connectivity index (χ1v) is 10.0. The molecule has 0 aliphatic heterocycles. The van der Waals surface area contributed by atoms with Crippen molar-refractivity contribution < 1.29 is 23.5 Å². The molecule has 3 aromatic rings. The summed E-state index contributed by atoms with van der Waals surface area (Å²) in [7, 11) is 2.96. The topological polar surface area (TPSA) is 125 Å². The van der Waals surface area contributed by atoms with E-state index in [0.29, 0.717) is 22.8 Å². The number of amides is 2. The molecule has 0 spiro atoms. The average Bonchev–Trinajstić information content (AvgIpc) is 3.30. The Hall–Kier alpha value is -3.82. The van der Waals surface area contributed by atoms with Crippen LogP contribution in [0.15, 0.2) is 46.1 Å². The SMILES string of the molecule is COc1cc2ncn(CC(=O)N[C@H](C(=O)NCc3ccco3)C(C)C)c(=O)c2cc1OC. The number of hydrogen-bond donors (Lipinski definition) is 2. The van der Waals surface area contributed by atoms with Gasteiger partial charge in [0.25, 0.3) is 5.56 Å². The molecule has 1 aromatic carbocycles. The number of carbonyl (C=O) groups is 2. The molecule has 1 atom stereocenters. The number of carbonyl (C=O) groups excluding carboxylic acids is 2. The van der Waals surface area contributed by atoms with Gasteiger partial charge in [0.05, 0.1) is 44.3 Å². The maximum absolute atomic E-state index is 12.9. The third-order valence-electron chi connectivity index (χ3n) is 4.93. The molecule has 0 fully saturated rings. The van der Waals surface area contributed by atoms with Gasteiger partial charge in [-0.05, 0) is 24.1 Å². The molecule has 0 bridgehead atoms. The van der Waals surface area contributed by atoms with E-state index in [4.69, 9.17) is 13.9 Å². The van der Waals surface area contributed by atoms with Crippen molar-refractivity contribution in [2.75, 3.05) is 14.2 Å². The molecular formula is C22H26N4O6. The molecule has 0 aliphatic carbocycles. The highest BCUT2D eigenvalue weighted by Gasteiger charge is 2.24. The molecule has 2 heterocycles.